The Kier molecular flexibility index (Phi) is 5.20. The Morgan fingerprint density at radius 2 is 1.74 bits per heavy atom. The van der Waals surface area contributed by atoms with Crippen LogP contribution < -0.4 is 0 Å². The summed E-state index contributed by atoms with van der Waals surface area (Å²) in [4.78, 5) is 13.1. The number of phenols is 2. The van der Waals surface area contributed by atoms with E-state index in [0.717, 1.165) is 11.6 Å². The summed E-state index contributed by atoms with van der Waals surface area (Å²) in [7, 11) is 1.61. The van der Waals surface area contributed by atoms with Crippen LogP contribution in [0, 0.1) is 0 Å². The number of rotatable bonds is 6. The van der Waals surface area contributed by atoms with Crippen molar-refractivity contribution in [1.82, 2.24) is 4.90 Å². The van der Waals surface area contributed by atoms with Crippen LogP contribution in [0.15, 0.2) is 48.5 Å². The number of benzene rings is 2. The molecule has 0 saturated heterocycles. The van der Waals surface area contributed by atoms with Crippen molar-refractivity contribution >= 4 is 5.97 Å². The van der Waals surface area contributed by atoms with Gasteiger partial charge in [0.05, 0.1) is 0 Å². The molecule has 2 aromatic rings. The summed E-state index contributed by atoms with van der Waals surface area (Å²) in [5.74, 6) is -1.91. The molecule has 0 bridgehead atoms. The Bertz CT molecular complexity index is 674. The normalized spacial score (nSPS) is 13.7. The molecule has 4 N–H and O–H groups in total. The van der Waals surface area contributed by atoms with Gasteiger partial charge in [-0.2, -0.15) is 0 Å². The largest absolute Gasteiger partial charge is 0.504 e. The van der Waals surface area contributed by atoms with E-state index in [0.29, 0.717) is 6.54 Å². The zero-order chi connectivity index (χ0) is 17.0. The lowest BCUT2D eigenvalue weighted by atomic mass is 10.00. The monoisotopic (exact) mass is 317 g/mol. The van der Waals surface area contributed by atoms with E-state index in [-0.39, 0.29) is 11.3 Å². The van der Waals surface area contributed by atoms with Crippen molar-refractivity contribution in [2.45, 2.75) is 18.7 Å². The second-order valence-electron chi connectivity index (χ2n) is 5.38. The number of hydrogen-bond donors (Lipinski definition) is 4. The summed E-state index contributed by atoms with van der Waals surface area (Å²) in [6.45, 7) is 0.346. The number of carbonyl (C=O) groups is 1. The highest BCUT2D eigenvalue weighted by molar-refractivity contribution is 5.74. The van der Waals surface area contributed by atoms with Gasteiger partial charge in [0.1, 0.15) is 12.1 Å². The SMILES string of the molecule is CN(Cc1ccccc1)[C@H](C(=O)O)C(O)c1ccc(O)c(O)c1. The topological polar surface area (TPSA) is 101 Å². The number of aliphatic hydroxyl groups excluding tert-OH is 1. The Morgan fingerprint density at radius 3 is 2.30 bits per heavy atom. The fourth-order valence-electron chi connectivity index (χ4n) is 2.44. The van der Waals surface area contributed by atoms with Crippen molar-refractivity contribution in [3.8, 4) is 11.5 Å². The minimum Gasteiger partial charge on any atom is -0.504 e. The highest BCUT2D eigenvalue weighted by Gasteiger charge is 2.32. The number of nitrogens with zero attached hydrogens (tertiary/aromatic N) is 1. The molecule has 0 saturated carbocycles. The number of hydrogen-bond acceptors (Lipinski definition) is 5. The smallest absolute Gasteiger partial charge is 0.324 e. The van der Waals surface area contributed by atoms with Crippen molar-refractivity contribution < 1.29 is 25.2 Å². The van der Waals surface area contributed by atoms with Crippen LogP contribution in [0.3, 0.4) is 0 Å². The van der Waals surface area contributed by atoms with Crippen LogP contribution in [0.4, 0.5) is 0 Å². The van der Waals surface area contributed by atoms with Crippen molar-refractivity contribution in [1.29, 1.82) is 0 Å². The summed E-state index contributed by atoms with van der Waals surface area (Å²) in [6, 6.07) is 11.9. The molecule has 0 amide bonds. The minimum atomic E-state index is -1.35. The lowest BCUT2D eigenvalue weighted by Gasteiger charge is -2.29. The van der Waals surface area contributed by atoms with Gasteiger partial charge < -0.3 is 20.4 Å². The fraction of sp³-hybridized carbons (Fsp3) is 0.235. The highest BCUT2D eigenvalue weighted by atomic mass is 16.4. The molecule has 2 atom stereocenters. The standard InChI is InChI=1S/C17H19NO5/c1-18(10-11-5-3-2-4-6-11)15(17(22)23)16(21)12-7-8-13(19)14(20)9-12/h2-9,15-16,19-21H,10H2,1H3,(H,22,23)/t15-,16?/m0/s1. The Balaban J connectivity index is 2.22. The Labute approximate surface area is 133 Å². The van der Waals surface area contributed by atoms with Crippen LogP contribution in [0.1, 0.15) is 17.2 Å². The van der Waals surface area contributed by atoms with Crippen molar-refractivity contribution in [3.05, 3.63) is 59.7 Å². The number of aliphatic carboxylic acids is 1. The van der Waals surface area contributed by atoms with Crippen LogP contribution in [-0.2, 0) is 11.3 Å². The third-order valence-corrected chi connectivity index (χ3v) is 3.64. The van der Waals surface area contributed by atoms with E-state index in [1.807, 2.05) is 30.3 Å². The third-order valence-electron chi connectivity index (χ3n) is 3.64. The first-order valence-corrected chi connectivity index (χ1v) is 7.07. The second-order valence-corrected chi connectivity index (χ2v) is 5.38. The summed E-state index contributed by atoms with van der Waals surface area (Å²) in [5.41, 5.74) is 1.13. The molecule has 6 heteroatoms. The first-order valence-electron chi connectivity index (χ1n) is 7.07. The predicted molar refractivity (Wildman–Crippen MR) is 84.1 cm³/mol. The van der Waals surface area contributed by atoms with E-state index in [2.05, 4.69) is 0 Å². The van der Waals surface area contributed by atoms with Gasteiger partial charge in [-0.25, -0.2) is 0 Å². The molecule has 23 heavy (non-hydrogen) atoms. The lowest BCUT2D eigenvalue weighted by Crippen LogP contribution is -2.42. The molecule has 0 aliphatic carbocycles. The van der Waals surface area contributed by atoms with E-state index in [1.165, 1.54) is 17.0 Å². The van der Waals surface area contributed by atoms with Gasteiger partial charge in [-0.1, -0.05) is 36.4 Å². The zero-order valence-electron chi connectivity index (χ0n) is 12.6. The summed E-state index contributed by atoms with van der Waals surface area (Å²) in [5, 5.41) is 38.7. The maximum absolute atomic E-state index is 11.6. The van der Waals surface area contributed by atoms with E-state index in [9.17, 15) is 25.2 Å². The number of carboxylic acids is 1. The van der Waals surface area contributed by atoms with Crippen LogP contribution >= 0.6 is 0 Å². The van der Waals surface area contributed by atoms with Gasteiger partial charge in [0, 0.05) is 6.54 Å². The molecule has 0 radical (unpaired) electrons. The Morgan fingerprint density at radius 1 is 1.09 bits per heavy atom. The van der Waals surface area contributed by atoms with E-state index in [1.54, 1.807) is 7.05 Å². The summed E-state index contributed by atoms with van der Waals surface area (Å²) in [6.07, 6.45) is -1.35. The molecule has 1 unspecified atom stereocenters. The van der Waals surface area contributed by atoms with Crippen LogP contribution in [0.25, 0.3) is 0 Å². The van der Waals surface area contributed by atoms with Gasteiger partial charge in [-0.05, 0) is 30.3 Å². The van der Waals surface area contributed by atoms with Crippen molar-refractivity contribution in [3.63, 3.8) is 0 Å². The molecule has 2 aromatic carbocycles. The lowest BCUT2D eigenvalue weighted by molar-refractivity contribution is -0.147. The molecule has 6 nitrogen and oxygen atoms in total. The number of likely N-dealkylation sites (N-methyl/N-ethyl adjacent to an activating group) is 1. The predicted octanol–water partition coefficient (Wildman–Crippen LogP) is 1.72. The van der Waals surface area contributed by atoms with Gasteiger partial charge in [0.15, 0.2) is 11.5 Å². The maximum Gasteiger partial charge on any atom is 0.324 e. The first kappa shape index (κ1) is 16.8. The molecular weight excluding hydrogens is 298 g/mol. The van der Waals surface area contributed by atoms with Crippen molar-refractivity contribution in [2.75, 3.05) is 7.05 Å². The molecule has 0 aromatic heterocycles. The van der Waals surface area contributed by atoms with Gasteiger partial charge >= 0.3 is 5.97 Å². The third kappa shape index (κ3) is 4.00. The highest BCUT2D eigenvalue weighted by Crippen LogP contribution is 2.30. The quantitative estimate of drug-likeness (QED) is 0.605. The van der Waals surface area contributed by atoms with Crippen LogP contribution in [0.2, 0.25) is 0 Å². The molecule has 122 valence electrons. The summed E-state index contributed by atoms with van der Waals surface area (Å²) >= 11 is 0. The zero-order valence-corrected chi connectivity index (χ0v) is 12.6. The fourth-order valence-corrected chi connectivity index (χ4v) is 2.44. The van der Waals surface area contributed by atoms with Gasteiger partial charge in [-0.15, -0.1) is 0 Å². The number of carboxylic acid groups (broad SMARTS) is 1. The molecular formula is C17H19NO5. The number of phenolic OH excluding ortho intramolecular Hbond substituents is 2. The minimum absolute atomic E-state index is 0.215. The molecule has 2 rings (SSSR count). The van der Waals surface area contributed by atoms with Gasteiger partial charge in [0.2, 0.25) is 0 Å². The summed E-state index contributed by atoms with van der Waals surface area (Å²) < 4.78 is 0. The molecule has 0 aliphatic heterocycles. The number of aromatic hydroxyl groups is 2. The van der Waals surface area contributed by atoms with E-state index >= 15 is 0 Å². The molecule has 0 fully saturated rings. The molecule has 0 heterocycles. The van der Waals surface area contributed by atoms with Crippen LogP contribution in [0.5, 0.6) is 11.5 Å². The maximum atomic E-state index is 11.6. The molecule has 0 aliphatic rings. The van der Waals surface area contributed by atoms with Gasteiger partial charge in [0.25, 0.3) is 0 Å². The van der Waals surface area contributed by atoms with E-state index < -0.39 is 23.9 Å². The average molecular weight is 317 g/mol. The van der Waals surface area contributed by atoms with Gasteiger partial charge in [-0.3, -0.25) is 9.69 Å². The number of aliphatic hydroxyl groups is 1. The van der Waals surface area contributed by atoms with E-state index in [4.69, 9.17) is 0 Å². The Hall–Kier alpha value is -2.57. The van der Waals surface area contributed by atoms with Crippen molar-refractivity contribution in [2.24, 2.45) is 0 Å². The van der Waals surface area contributed by atoms with Crippen LogP contribution in [-0.4, -0.2) is 44.4 Å². The first-order chi connectivity index (χ1) is 10.9. The molecule has 0 spiro atoms. The second kappa shape index (κ2) is 7.13. The average Bonchev–Trinajstić information content (AvgIpc) is 2.50.